The van der Waals surface area contributed by atoms with Gasteiger partial charge in [0.1, 0.15) is 0 Å². The predicted octanol–water partition coefficient (Wildman–Crippen LogP) is 3.94. The molecule has 2 rings (SSSR count). The van der Waals surface area contributed by atoms with Crippen LogP contribution in [0.5, 0.6) is 0 Å². The third kappa shape index (κ3) is 1.58. The number of pyridine rings is 1. The van der Waals surface area contributed by atoms with E-state index in [0.29, 0.717) is 10.9 Å². The van der Waals surface area contributed by atoms with Crippen LogP contribution in [0.3, 0.4) is 0 Å². The van der Waals surface area contributed by atoms with Gasteiger partial charge in [-0.25, -0.2) is 0 Å². The maximum Gasteiger partial charge on any atom is 0.0761 e. The average molecular weight is 226 g/mol. The second-order valence-corrected chi connectivity index (χ2v) is 3.92. The molecule has 1 nitrogen and oxygen atoms in total. The zero-order valence-corrected chi connectivity index (χ0v) is 9.23. The number of nitrogens with zero attached hydrogens (tertiary/aromatic N) is 1. The van der Waals surface area contributed by atoms with Crippen LogP contribution in [-0.2, 0) is 5.88 Å². The molecule has 2 aromatic rings. The number of hydrogen-bond donors (Lipinski definition) is 0. The van der Waals surface area contributed by atoms with Crippen LogP contribution in [-0.4, -0.2) is 4.98 Å². The number of fused-ring (bicyclic) bond motifs is 1. The third-order valence-corrected chi connectivity index (χ3v) is 2.79. The van der Waals surface area contributed by atoms with Gasteiger partial charge >= 0.3 is 0 Å². The first kappa shape index (κ1) is 9.75. The van der Waals surface area contributed by atoms with Gasteiger partial charge in [0.15, 0.2) is 0 Å². The number of benzene rings is 1. The minimum absolute atomic E-state index is 0.395. The Balaban J connectivity index is 2.82. The number of rotatable bonds is 1. The molecule has 0 unspecified atom stereocenters. The molecule has 0 amide bonds. The van der Waals surface area contributed by atoms with Crippen molar-refractivity contribution in [3.63, 3.8) is 0 Å². The summed E-state index contributed by atoms with van der Waals surface area (Å²) < 4.78 is 0. The second-order valence-electron chi connectivity index (χ2n) is 3.24. The highest BCUT2D eigenvalue weighted by molar-refractivity contribution is 6.33. The van der Waals surface area contributed by atoms with Gasteiger partial charge in [-0.15, -0.1) is 11.6 Å². The molecule has 0 aliphatic rings. The summed E-state index contributed by atoms with van der Waals surface area (Å²) in [6.07, 6.45) is 1.83. The standard InChI is InChI=1S/C11H9Cl2N/c1-7-4-8-2-3-10(13)9(5-12)11(8)14-6-7/h2-4,6H,5H2,1H3. The van der Waals surface area contributed by atoms with Crippen LogP contribution in [0.1, 0.15) is 11.1 Å². The highest BCUT2D eigenvalue weighted by Crippen LogP contribution is 2.26. The topological polar surface area (TPSA) is 12.9 Å². The molecular weight excluding hydrogens is 217 g/mol. The summed E-state index contributed by atoms with van der Waals surface area (Å²) in [7, 11) is 0. The molecular formula is C11H9Cl2N. The van der Waals surface area contributed by atoms with Crippen molar-refractivity contribution >= 4 is 34.1 Å². The lowest BCUT2D eigenvalue weighted by molar-refractivity contribution is 1.30. The smallest absolute Gasteiger partial charge is 0.0761 e. The van der Waals surface area contributed by atoms with Crippen molar-refractivity contribution in [1.29, 1.82) is 0 Å². The van der Waals surface area contributed by atoms with E-state index in [1.807, 2.05) is 25.3 Å². The van der Waals surface area contributed by atoms with Crippen LogP contribution in [0.25, 0.3) is 10.9 Å². The molecule has 0 atom stereocenters. The van der Waals surface area contributed by atoms with Gasteiger partial charge in [-0.2, -0.15) is 0 Å². The van der Waals surface area contributed by atoms with Crippen LogP contribution >= 0.6 is 23.2 Å². The predicted molar refractivity (Wildman–Crippen MR) is 61.0 cm³/mol. The Kier molecular flexibility index (Phi) is 2.62. The first-order chi connectivity index (χ1) is 6.72. The number of halogens is 2. The first-order valence-electron chi connectivity index (χ1n) is 4.32. The van der Waals surface area contributed by atoms with Crippen LogP contribution in [0, 0.1) is 6.92 Å². The summed E-state index contributed by atoms with van der Waals surface area (Å²) in [6, 6.07) is 5.91. The summed E-state index contributed by atoms with van der Waals surface area (Å²) in [5.41, 5.74) is 2.95. The van der Waals surface area contributed by atoms with Crippen molar-refractivity contribution in [3.8, 4) is 0 Å². The molecule has 3 heteroatoms. The van der Waals surface area contributed by atoms with Crippen LogP contribution in [0.2, 0.25) is 5.02 Å². The van der Waals surface area contributed by atoms with Crippen LogP contribution in [0.15, 0.2) is 24.4 Å². The fourth-order valence-corrected chi connectivity index (χ4v) is 2.03. The van der Waals surface area contributed by atoms with Crippen molar-refractivity contribution in [2.45, 2.75) is 12.8 Å². The van der Waals surface area contributed by atoms with E-state index in [0.717, 1.165) is 22.0 Å². The Hall–Kier alpha value is -0.790. The number of aromatic nitrogens is 1. The van der Waals surface area contributed by atoms with E-state index in [1.54, 1.807) is 0 Å². The Morgan fingerprint density at radius 1 is 1.36 bits per heavy atom. The van der Waals surface area contributed by atoms with E-state index in [2.05, 4.69) is 11.1 Å². The van der Waals surface area contributed by atoms with Gasteiger partial charge < -0.3 is 0 Å². The largest absolute Gasteiger partial charge is 0.256 e. The molecule has 0 spiro atoms. The lowest BCUT2D eigenvalue weighted by Gasteiger charge is -2.05. The van der Waals surface area contributed by atoms with E-state index >= 15 is 0 Å². The monoisotopic (exact) mass is 225 g/mol. The van der Waals surface area contributed by atoms with Gasteiger partial charge in [0.05, 0.1) is 11.4 Å². The number of aryl methyl sites for hydroxylation is 1. The van der Waals surface area contributed by atoms with E-state index in [-0.39, 0.29) is 0 Å². The van der Waals surface area contributed by atoms with Crippen molar-refractivity contribution < 1.29 is 0 Å². The minimum Gasteiger partial charge on any atom is -0.256 e. The quantitative estimate of drug-likeness (QED) is 0.671. The number of hydrogen-bond acceptors (Lipinski definition) is 1. The maximum absolute atomic E-state index is 6.02. The van der Waals surface area contributed by atoms with Crippen molar-refractivity contribution in [2.24, 2.45) is 0 Å². The van der Waals surface area contributed by atoms with E-state index in [4.69, 9.17) is 23.2 Å². The Labute approximate surface area is 92.7 Å². The molecule has 1 heterocycles. The third-order valence-electron chi connectivity index (χ3n) is 2.17. The summed E-state index contributed by atoms with van der Waals surface area (Å²) in [4.78, 5) is 4.34. The summed E-state index contributed by atoms with van der Waals surface area (Å²) in [5, 5.41) is 1.77. The van der Waals surface area contributed by atoms with Crippen LogP contribution in [0.4, 0.5) is 0 Å². The highest BCUT2D eigenvalue weighted by atomic mass is 35.5. The summed E-state index contributed by atoms with van der Waals surface area (Å²) >= 11 is 11.8. The minimum atomic E-state index is 0.395. The molecule has 1 aromatic heterocycles. The van der Waals surface area contributed by atoms with Gasteiger partial charge in [-0.05, 0) is 24.6 Å². The molecule has 14 heavy (non-hydrogen) atoms. The zero-order chi connectivity index (χ0) is 10.1. The Morgan fingerprint density at radius 3 is 2.86 bits per heavy atom. The highest BCUT2D eigenvalue weighted by Gasteiger charge is 2.05. The van der Waals surface area contributed by atoms with Crippen molar-refractivity contribution in [3.05, 3.63) is 40.5 Å². The van der Waals surface area contributed by atoms with E-state index in [9.17, 15) is 0 Å². The van der Waals surface area contributed by atoms with Gasteiger partial charge in [-0.1, -0.05) is 17.7 Å². The Bertz CT molecular complexity index is 480. The first-order valence-corrected chi connectivity index (χ1v) is 5.23. The SMILES string of the molecule is Cc1cnc2c(CCl)c(Cl)ccc2c1. The molecule has 0 N–H and O–H groups in total. The van der Waals surface area contributed by atoms with E-state index in [1.165, 1.54) is 0 Å². The van der Waals surface area contributed by atoms with E-state index < -0.39 is 0 Å². The fourth-order valence-electron chi connectivity index (χ4n) is 1.47. The summed E-state index contributed by atoms with van der Waals surface area (Å²) in [5.74, 6) is 0.395. The average Bonchev–Trinajstić information content (AvgIpc) is 2.18. The molecule has 1 aromatic carbocycles. The molecule has 72 valence electrons. The molecule has 0 aliphatic heterocycles. The zero-order valence-electron chi connectivity index (χ0n) is 7.72. The van der Waals surface area contributed by atoms with Gasteiger partial charge in [0.25, 0.3) is 0 Å². The second kappa shape index (κ2) is 3.76. The van der Waals surface area contributed by atoms with Gasteiger partial charge in [0, 0.05) is 22.2 Å². The molecule has 0 fully saturated rings. The maximum atomic E-state index is 6.02. The molecule has 0 saturated carbocycles. The van der Waals surface area contributed by atoms with Gasteiger partial charge in [-0.3, -0.25) is 4.98 Å². The normalized spacial score (nSPS) is 10.8. The molecule has 0 saturated heterocycles. The Morgan fingerprint density at radius 2 is 2.14 bits per heavy atom. The van der Waals surface area contributed by atoms with Crippen molar-refractivity contribution in [2.75, 3.05) is 0 Å². The fraction of sp³-hybridized carbons (Fsp3) is 0.182. The molecule has 0 aliphatic carbocycles. The van der Waals surface area contributed by atoms with Gasteiger partial charge in [0.2, 0.25) is 0 Å². The molecule has 0 radical (unpaired) electrons. The van der Waals surface area contributed by atoms with Crippen LogP contribution < -0.4 is 0 Å². The summed E-state index contributed by atoms with van der Waals surface area (Å²) in [6.45, 7) is 2.02. The van der Waals surface area contributed by atoms with Crippen molar-refractivity contribution in [1.82, 2.24) is 4.98 Å². The molecule has 0 bridgehead atoms. The lowest BCUT2D eigenvalue weighted by Crippen LogP contribution is -1.88. The number of alkyl halides is 1. The lowest BCUT2D eigenvalue weighted by atomic mass is 10.1.